The molecule has 2 atom stereocenters. The van der Waals surface area contributed by atoms with Crippen LogP contribution in [0.1, 0.15) is 30.6 Å². The van der Waals surface area contributed by atoms with Gasteiger partial charge < -0.3 is 20.5 Å². The van der Waals surface area contributed by atoms with E-state index < -0.39 is 30.1 Å². The molecule has 0 aliphatic rings. The molecule has 0 aliphatic carbocycles. The van der Waals surface area contributed by atoms with E-state index in [9.17, 15) is 32.3 Å². The topological polar surface area (TPSA) is 101 Å². The molecule has 4 rings (SSSR count). The average molecular weight is 562 g/mol. The van der Waals surface area contributed by atoms with Crippen molar-refractivity contribution in [1.82, 2.24) is 10.3 Å². The van der Waals surface area contributed by atoms with Gasteiger partial charge in [-0.3, -0.25) is 4.79 Å². The Morgan fingerprint density at radius 3 is 2.36 bits per heavy atom. The summed E-state index contributed by atoms with van der Waals surface area (Å²) in [7, 11) is 0. The molecule has 0 bridgehead atoms. The van der Waals surface area contributed by atoms with Gasteiger partial charge in [0.15, 0.2) is 5.13 Å². The molecule has 1 heterocycles. The van der Waals surface area contributed by atoms with Gasteiger partial charge in [0.05, 0.1) is 15.9 Å². The monoisotopic (exact) mass is 561 g/mol. The van der Waals surface area contributed by atoms with Gasteiger partial charge in [0, 0.05) is 11.6 Å². The van der Waals surface area contributed by atoms with Crippen LogP contribution in [-0.2, 0) is 4.79 Å². The molecule has 1 aromatic heterocycles. The number of carboxylic acid groups (broad SMARTS) is 1. The maximum atomic E-state index is 14.9. The zero-order chi connectivity index (χ0) is 28.3. The van der Waals surface area contributed by atoms with Gasteiger partial charge in [-0.1, -0.05) is 49.8 Å². The Balaban J connectivity index is 1.46. The smallest absolute Gasteiger partial charge is 0.480 e. The number of hydrogen-bond donors (Lipinski definition) is 3. The number of anilines is 2. The van der Waals surface area contributed by atoms with Crippen LogP contribution in [0.25, 0.3) is 21.3 Å². The van der Waals surface area contributed by atoms with Gasteiger partial charge in [0.2, 0.25) is 0 Å². The molecular weight excluding hydrogens is 538 g/mol. The minimum Gasteiger partial charge on any atom is -0.480 e. The first-order chi connectivity index (χ1) is 18.4. The number of hydrogen-bond acceptors (Lipinski definition) is 6. The van der Waals surface area contributed by atoms with E-state index in [1.54, 1.807) is 25.1 Å². The maximum Gasteiger partial charge on any atom is 0.573 e. The Bertz CT molecular complexity index is 1510. The summed E-state index contributed by atoms with van der Waals surface area (Å²) in [5, 5.41) is 15.1. The highest BCUT2D eigenvalue weighted by molar-refractivity contribution is 7.22. The molecule has 3 N–H and O–H groups in total. The minimum atomic E-state index is -4.81. The summed E-state index contributed by atoms with van der Waals surface area (Å²) in [6, 6.07) is 13.5. The van der Waals surface area contributed by atoms with Crippen molar-refractivity contribution in [2.75, 3.05) is 5.32 Å². The van der Waals surface area contributed by atoms with E-state index in [1.807, 2.05) is 6.92 Å². The van der Waals surface area contributed by atoms with Gasteiger partial charge in [-0.15, -0.1) is 13.2 Å². The van der Waals surface area contributed by atoms with E-state index in [1.165, 1.54) is 36.4 Å². The number of thiazole rings is 1. The number of fused-ring (bicyclic) bond motifs is 1. The molecule has 0 spiro atoms. The van der Waals surface area contributed by atoms with E-state index in [0.29, 0.717) is 27.8 Å². The van der Waals surface area contributed by atoms with E-state index >= 15 is 0 Å². The van der Waals surface area contributed by atoms with Gasteiger partial charge in [-0.25, -0.2) is 14.2 Å². The largest absolute Gasteiger partial charge is 0.573 e. The van der Waals surface area contributed by atoms with Crippen molar-refractivity contribution in [2.24, 2.45) is 5.92 Å². The van der Waals surface area contributed by atoms with E-state index in [2.05, 4.69) is 20.4 Å². The highest BCUT2D eigenvalue weighted by Crippen LogP contribution is 2.34. The molecule has 1 amide bonds. The molecule has 1 unspecified atom stereocenters. The number of carbonyl (C=O) groups excluding carboxylic acids is 1. The second kappa shape index (κ2) is 11.3. The summed E-state index contributed by atoms with van der Waals surface area (Å²) >= 11 is 1.04. The first-order valence-corrected chi connectivity index (χ1v) is 12.6. The lowest BCUT2D eigenvalue weighted by atomic mass is 9.98. The summed E-state index contributed by atoms with van der Waals surface area (Å²) in [6.07, 6.45) is -4.22. The van der Waals surface area contributed by atoms with E-state index in [-0.39, 0.29) is 28.0 Å². The molecule has 12 heteroatoms. The number of halogens is 4. The quantitative estimate of drug-likeness (QED) is 0.191. The number of benzene rings is 3. The number of carbonyl (C=O) groups is 2. The number of ether oxygens (including phenoxy) is 1. The lowest BCUT2D eigenvalue weighted by Crippen LogP contribution is -2.45. The average Bonchev–Trinajstić information content (AvgIpc) is 3.28. The van der Waals surface area contributed by atoms with Crippen LogP contribution in [0.5, 0.6) is 5.75 Å². The number of aliphatic carboxylic acids is 1. The third kappa shape index (κ3) is 6.82. The Morgan fingerprint density at radius 2 is 1.74 bits per heavy atom. The fraction of sp³-hybridized carbons (Fsp3) is 0.222. The first-order valence-electron chi connectivity index (χ1n) is 11.8. The molecule has 0 saturated heterocycles. The molecule has 0 aliphatic heterocycles. The number of nitrogens with zero attached hydrogens (tertiary/aromatic N) is 1. The number of carboxylic acids is 1. The van der Waals surface area contributed by atoms with Crippen LogP contribution in [0.4, 0.5) is 28.4 Å². The van der Waals surface area contributed by atoms with Crippen molar-refractivity contribution in [3.63, 3.8) is 0 Å². The Labute approximate surface area is 224 Å². The summed E-state index contributed by atoms with van der Waals surface area (Å²) in [6.45, 7) is 3.59. The normalized spacial score (nSPS) is 13.1. The first kappa shape index (κ1) is 27.8. The second-order valence-electron chi connectivity index (χ2n) is 8.77. The molecule has 204 valence electrons. The highest BCUT2D eigenvalue weighted by Gasteiger charge is 2.31. The zero-order valence-electron chi connectivity index (χ0n) is 20.7. The molecule has 7 nitrogen and oxygen atoms in total. The van der Waals surface area contributed by atoms with E-state index in [0.717, 1.165) is 17.4 Å². The third-order valence-corrected chi connectivity index (χ3v) is 6.98. The van der Waals surface area contributed by atoms with Crippen molar-refractivity contribution in [3.8, 4) is 16.9 Å². The SMILES string of the molecule is CCC(C)[C@H](NC(=O)c1ccc(-c2ccc(Nc3nc4ccc(OC(F)(F)F)cc4s3)c(F)c2)cc1)C(=O)O. The summed E-state index contributed by atoms with van der Waals surface area (Å²) in [5.74, 6) is -2.84. The molecule has 3 aromatic carbocycles. The predicted octanol–water partition coefficient (Wildman–Crippen LogP) is 6.97. The molecule has 4 aromatic rings. The summed E-state index contributed by atoms with van der Waals surface area (Å²) in [4.78, 5) is 28.3. The number of aromatic nitrogens is 1. The highest BCUT2D eigenvalue weighted by atomic mass is 32.1. The van der Waals surface area contributed by atoms with Gasteiger partial charge in [-0.05, 0) is 53.4 Å². The van der Waals surface area contributed by atoms with Crippen LogP contribution in [-0.4, -0.2) is 34.4 Å². The number of nitrogens with one attached hydrogen (secondary N) is 2. The van der Waals surface area contributed by atoms with Crippen molar-refractivity contribution in [2.45, 2.75) is 32.7 Å². The molecular formula is C27H23F4N3O4S. The van der Waals surface area contributed by atoms with E-state index in [4.69, 9.17) is 0 Å². The van der Waals surface area contributed by atoms with Gasteiger partial charge >= 0.3 is 12.3 Å². The number of rotatable bonds is 9. The Morgan fingerprint density at radius 1 is 1.05 bits per heavy atom. The Kier molecular flexibility index (Phi) is 8.05. The van der Waals surface area contributed by atoms with Crippen LogP contribution < -0.4 is 15.4 Å². The molecule has 39 heavy (non-hydrogen) atoms. The van der Waals surface area contributed by atoms with Gasteiger partial charge in [0.25, 0.3) is 5.91 Å². The van der Waals surface area contributed by atoms with Crippen LogP contribution in [0.3, 0.4) is 0 Å². The van der Waals surface area contributed by atoms with Crippen molar-refractivity contribution < 1.29 is 37.0 Å². The van der Waals surface area contributed by atoms with Crippen LogP contribution in [0.15, 0.2) is 60.7 Å². The molecule has 0 fully saturated rings. The lowest BCUT2D eigenvalue weighted by Gasteiger charge is -2.20. The summed E-state index contributed by atoms with van der Waals surface area (Å²) in [5.41, 5.74) is 1.98. The van der Waals surface area contributed by atoms with Crippen LogP contribution in [0, 0.1) is 11.7 Å². The van der Waals surface area contributed by atoms with Crippen molar-refractivity contribution in [1.29, 1.82) is 0 Å². The lowest BCUT2D eigenvalue weighted by molar-refractivity contribution is -0.274. The van der Waals surface area contributed by atoms with Crippen LogP contribution >= 0.6 is 11.3 Å². The molecule has 0 radical (unpaired) electrons. The zero-order valence-corrected chi connectivity index (χ0v) is 21.5. The second-order valence-corrected chi connectivity index (χ2v) is 9.80. The predicted molar refractivity (Wildman–Crippen MR) is 140 cm³/mol. The Hall–Kier alpha value is -4.19. The van der Waals surface area contributed by atoms with Gasteiger partial charge in [0.1, 0.15) is 17.6 Å². The van der Waals surface area contributed by atoms with Crippen molar-refractivity contribution >= 4 is 44.2 Å². The molecule has 0 saturated carbocycles. The summed E-state index contributed by atoms with van der Waals surface area (Å²) < 4.78 is 56.7. The maximum absolute atomic E-state index is 14.9. The fourth-order valence-corrected chi connectivity index (χ4v) is 4.70. The van der Waals surface area contributed by atoms with Crippen molar-refractivity contribution in [3.05, 3.63) is 72.0 Å². The fourth-order valence-electron chi connectivity index (χ4n) is 3.79. The third-order valence-electron chi connectivity index (χ3n) is 6.05. The number of alkyl halides is 3. The standard InChI is InChI=1S/C27H23F4N3O4S/c1-3-14(2)23(25(36)37)34-24(35)16-6-4-15(5-7-16)17-8-10-20(19(28)12-17)32-26-33-21-11-9-18(13-22(21)39-26)38-27(29,30)31/h4-14,23H,3H2,1-2H3,(H,32,33)(H,34,35)(H,36,37)/t14?,23-/m0/s1. The minimum absolute atomic E-state index is 0.116. The number of amides is 1. The van der Waals surface area contributed by atoms with Gasteiger partial charge in [-0.2, -0.15) is 0 Å². The van der Waals surface area contributed by atoms with Crippen LogP contribution in [0.2, 0.25) is 0 Å².